The Bertz CT molecular complexity index is 592. The quantitative estimate of drug-likeness (QED) is 0.831. The zero-order chi connectivity index (χ0) is 12.6. The van der Waals surface area contributed by atoms with Crippen LogP contribution in [-0.2, 0) is 0 Å². The smallest absolute Gasteiger partial charge is 0.335 e. The molecule has 5 nitrogen and oxygen atoms in total. The van der Waals surface area contributed by atoms with Crippen LogP contribution < -0.4 is 0 Å². The van der Waals surface area contributed by atoms with Crippen molar-refractivity contribution >= 4 is 17.6 Å². The minimum atomic E-state index is -1.04. The number of aryl methyl sites for hydroxylation is 2. The van der Waals surface area contributed by atoms with Gasteiger partial charge in [-0.2, -0.15) is 5.10 Å². The van der Waals surface area contributed by atoms with Crippen LogP contribution in [0.25, 0.3) is 5.82 Å². The van der Waals surface area contributed by atoms with E-state index in [1.807, 2.05) is 19.9 Å². The molecule has 0 aliphatic rings. The Hall–Kier alpha value is -1.88. The molecule has 2 heterocycles. The first-order valence-corrected chi connectivity index (χ1v) is 5.29. The van der Waals surface area contributed by atoms with Crippen molar-refractivity contribution in [3.8, 4) is 5.82 Å². The van der Waals surface area contributed by atoms with Gasteiger partial charge in [-0.05, 0) is 32.0 Å². The average Bonchev–Trinajstić information content (AvgIpc) is 2.57. The summed E-state index contributed by atoms with van der Waals surface area (Å²) in [5.41, 5.74) is 1.79. The Kier molecular flexibility index (Phi) is 2.85. The number of carbonyl (C=O) groups is 1. The van der Waals surface area contributed by atoms with Gasteiger partial charge in [0.2, 0.25) is 0 Å². The van der Waals surface area contributed by atoms with E-state index >= 15 is 0 Å². The molecular formula is C11H10ClN3O2. The topological polar surface area (TPSA) is 68.0 Å². The van der Waals surface area contributed by atoms with E-state index < -0.39 is 5.97 Å². The van der Waals surface area contributed by atoms with Gasteiger partial charge in [0.25, 0.3) is 0 Å². The number of nitrogens with zero attached hydrogens (tertiary/aromatic N) is 3. The van der Waals surface area contributed by atoms with Crippen molar-refractivity contribution in [2.24, 2.45) is 0 Å². The lowest BCUT2D eigenvalue weighted by molar-refractivity contribution is 0.0696. The first-order chi connectivity index (χ1) is 7.97. The number of pyridine rings is 1. The number of aromatic nitrogens is 3. The van der Waals surface area contributed by atoms with Crippen LogP contribution in [0.2, 0.25) is 5.15 Å². The van der Waals surface area contributed by atoms with Crippen LogP contribution in [-0.4, -0.2) is 25.8 Å². The lowest BCUT2D eigenvalue weighted by Gasteiger charge is -2.05. The van der Waals surface area contributed by atoms with Gasteiger partial charge in [0.1, 0.15) is 5.15 Å². The highest BCUT2D eigenvalue weighted by atomic mass is 35.5. The lowest BCUT2D eigenvalue weighted by atomic mass is 10.2. The van der Waals surface area contributed by atoms with Crippen LogP contribution in [0.15, 0.2) is 18.2 Å². The van der Waals surface area contributed by atoms with Gasteiger partial charge in [-0.15, -0.1) is 0 Å². The maximum absolute atomic E-state index is 10.9. The summed E-state index contributed by atoms with van der Waals surface area (Å²) in [6.07, 6.45) is 0. The molecule has 2 rings (SSSR count). The van der Waals surface area contributed by atoms with Gasteiger partial charge in [-0.1, -0.05) is 11.6 Å². The summed E-state index contributed by atoms with van der Waals surface area (Å²) in [7, 11) is 0. The molecule has 0 saturated carbocycles. The van der Waals surface area contributed by atoms with Crippen molar-refractivity contribution in [2.75, 3.05) is 0 Å². The second-order valence-corrected chi connectivity index (χ2v) is 4.07. The van der Waals surface area contributed by atoms with E-state index in [0.29, 0.717) is 5.82 Å². The van der Waals surface area contributed by atoms with Crippen molar-refractivity contribution in [2.45, 2.75) is 13.8 Å². The largest absolute Gasteiger partial charge is 0.478 e. The molecule has 0 aliphatic heterocycles. The molecule has 6 heteroatoms. The molecule has 0 spiro atoms. The van der Waals surface area contributed by atoms with E-state index in [9.17, 15) is 4.79 Å². The average molecular weight is 252 g/mol. The molecule has 0 amide bonds. The van der Waals surface area contributed by atoms with Gasteiger partial charge in [-0.25, -0.2) is 14.5 Å². The lowest BCUT2D eigenvalue weighted by Crippen LogP contribution is -2.05. The van der Waals surface area contributed by atoms with Crippen molar-refractivity contribution in [1.29, 1.82) is 0 Å². The normalized spacial score (nSPS) is 10.5. The summed E-state index contributed by atoms with van der Waals surface area (Å²) < 4.78 is 1.56. The number of hydrogen-bond acceptors (Lipinski definition) is 3. The molecule has 88 valence electrons. The third kappa shape index (κ3) is 2.29. The van der Waals surface area contributed by atoms with E-state index in [1.54, 1.807) is 4.68 Å². The van der Waals surface area contributed by atoms with Crippen molar-refractivity contribution in [3.63, 3.8) is 0 Å². The Morgan fingerprint density at radius 3 is 2.59 bits per heavy atom. The minimum absolute atomic E-state index is 0.0903. The Morgan fingerprint density at radius 1 is 1.35 bits per heavy atom. The highest BCUT2D eigenvalue weighted by Crippen LogP contribution is 2.16. The van der Waals surface area contributed by atoms with E-state index in [-0.39, 0.29) is 10.7 Å². The Morgan fingerprint density at radius 2 is 2.06 bits per heavy atom. The van der Waals surface area contributed by atoms with E-state index in [1.165, 1.54) is 12.1 Å². The van der Waals surface area contributed by atoms with Gasteiger partial charge in [-0.3, -0.25) is 0 Å². The third-order valence-corrected chi connectivity index (χ3v) is 2.45. The second kappa shape index (κ2) is 4.18. The van der Waals surface area contributed by atoms with Gasteiger partial charge in [0.05, 0.1) is 11.3 Å². The van der Waals surface area contributed by atoms with Crippen molar-refractivity contribution in [1.82, 2.24) is 14.8 Å². The standard InChI is InChI=1S/C11H10ClN3O2/c1-6-3-7(2)15(14-6)10-5-8(11(16)17)4-9(12)13-10/h3-5H,1-2H3,(H,16,17). The maximum atomic E-state index is 10.9. The van der Waals surface area contributed by atoms with E-state index in [4.69, 9.17) is 16.7 Å². The van der Waals surface area contributed by atoms with Crippen LogP contribution in [0.5, 0.6) is 0 Å². The molecule has 2 aromatic heterocycles. The van der Waals surface area contributed by atoms with Gasteiger partial charge in [0, 0.05) is 5.69 Å². The summed E-state index contributed by atoms with van der Waals surface area (Å²) in [5, 5.41) is 13.3. The Labute approximate surface area is 103 Å². The predicted octanol–water partition coefficient (Wildman–Crippen LogP) is 2.24. The third-order valence-electron chi connectivity index (χ3n) is 2.25. The van der Waals surface area contributed by atoms with Gasteiger partial charge >= 0.3 is 5.97 Å². The summed E-state index contributed by atoms with van der Waals surface area (Å²) in [6, 6.07) is 4.62. The van der Waals surface area contributed by atoms with Crippen molar-refractivity contribution < 1.29 is 9.90 Å². The fourth-order valence-corrected chi connectivity index (χ4v) is 1.78. The van der Waals surface area contributed by atoms with Gasteiger partial charge < -0.3 is 5.11 Å². The molecule has 2 aromatic rings. The molecule has 1 N–H and O–H groups in total. The number of hydrogen-bond donors (Lipinski definition) is 1. The second-order valence-electron chi connectivity index (χ2n) is 3.68. The molecule has 0 saturated heterocycles. The van der Waals surface area contributed by atoms with Crippen LogP contribution in [0, 0.1) is 13.8 Å². The summed E-state index contributed by atoms with van der Waals surface area (Å²) in [4.78, 5) is 15.0. The fourth-order valence-electron chi connectivity index (χ4n) is 1.58. The first-order valence-electron chi connectivity index (χ1n) is 4.92. The molecule has 0 fully saturated rings. The molecule has 0 aliphatic carbocycles. The number of carboxylic acid groups (broad SMARTS) is 1. The SMILES string of the molecule is Cc1cc(C)n(-c2cc(C(=O)O)cc(Cl)n2)n1. The van der Waals surface area contributed by atoms with E-state index in [0.717, 1.165) is 11.4 Å². The molecule has 0 radical (unpaired) electrons. The maximum Gasteiger partial charge on any atom is 0.335 e. The first kappa shape index (κ1) is 11.6. The number of halogens is 1. The fraction of sp³-hybridized carbons (Fsp3) is 0.182. The highest BCUT2D eigenvalue weighted by Gasteiger charge is 2.11. The zero-order valence-electron chi connectivity index (χ0n) is 9.31. The van der Waals surface area contributed by atoms with Gasteiger partial charge in [0.15, 0.2) is 5.82 Å². The van der Waals surface area contributed by atoms with Crippen LogP contribution in [0.4, 0.5) is 0 Å². The number of rotatable bonds is 2. The Balaban J connectivity index is 2.59. The van der Waals surface area contributed by atoms with Crippen LogP contribution in [0.1, 0.15) is 21.7 Å². The summed E-state index contributed by atoms with van der Waals surface area (Å²) in [5.74, 6) is -0.641. The molecule has 0 atom stereocenters. The monoisotopic (exact) mass is 251 g/mol. The highest BCUT2D eigenvalue weighted by molar-refractivity contribution is 6.29. The molecule has 0 bridgehead atoms. The summed E-state index contributed by atoms with van der Waals surface area (Å²) >= 11 is 5.79. The molecular weight excluding hydrogens is 242 g/mol. The predicted molar refractivity (Wildman–Crippen MR) is 62.8 cm³/mol. The molecule has 17 heavy (non-hydrogen) atoms. The summed E-state index contributed by atoms with van der Waals surface area (Å²) in [6.45, 7) is 3.72. The zero-order valence-corrected chi connectivity index (χ0v) is 10.1. The number of aromatic carboxylic acids is 1. The molecule has 0 unspecified atom stereocenters. The van der Waals surface area contributed by atoms with E-state index in [2.05, 4.69) is 10.1 Å². The van der Waals surface area contributed by atoms with Crippen LogP contribution in [0.3, 0.4) is 0 Å². The van der Waals surface area contributed by atoms with Crippen LogP contribution >= 0.6 is 11.6 Å². The van der Waals surface area contributed by atoms with Crippen molar-refractivity contribution in [3.05, 3.63) is 40.3 Å². The minimum Gasteiger partial charge on any atom is -0.478 e. The molecule has 0 aromatic carbocycles. The number of carboxylic acids is 1.